The lowest BCUT2D eigenvalue weighted by Crippen LogP contribution is -2.48. The number of fused-ring (bicyclic) bond motifs is 1. The van der Waals surface area contributed by atoms with Crippen LogP contribution < -0.4 is 5.56 Å². The minimum Gasteiger partial charge on any atom is -0.395 e. The molecule has 0 bridgehead atoms. The molecule has 2 heterocycles. The predicted molar refractivity (Wildman–Crippen MR) is 85.9 cm³/mol. The fourth-order valence-electron chi connectivity index (χ4n) is 2.99. The van der Waals surface area contributed by atoms with E-state index in [0.29, 0.717) is 5.39 Å². The van der Waals surface area contributed by atoms with Crippen LogP contribution in [0.25, 0.3) is 10.9 Å². The molecule has 0 unspecified atom stereocenters. The van der Waals surface area contributed by atoms with Gasteiger partial charge in [-0.1, -0.05) is 12.1 Å². The van der Waals surface area contributed by atoms with Crippen molar-refractivity contribution < 1.29 is 5.11 Å². The average molecular weight is 302 g/mol. The van der Waals surface area contributed by atoms with Gasteiger partial charge in [-0.3, -0.25) is 14.6 Å². The van der Waals surface area contributed by atoms with Crippen molar-refractivity contribution in [2.24, 2.45) is 0 Å². The summed E-state index contributed by atoms with van der Waals surface area (Å²) >= 11 is 0. The maximum Gasteiger partial charge on any atom is 0.258 e. The Morgan fingerprint density at radius 1 is 1.27 bits per heavy atom. The van der Waals surface area contributed by atoms with Gasteiger partial charge in [-0.15, -0.1) is 0 Å². The molecule has 0 radical (unpaired) electrons. The zero-order valence-electron chi connectivity index (χ0n) is 12.8. The van der Waals surface area contributed by atoms with E-state index in [9.17, 15) is 4.79 Å². The second-order valence-electron chi connectivity index (χ2n) is 5.75. The van der Waals surface area contributed by atoms with Crippen LogP contribution in [-0.2, 0) is 0 Å². The lowest BCUT2D eigenvalue weighted by atomic mass is 10.2. The SMILES string of the molecule is C[C@H](c1nc2ccccc2c(=O)[nH]1)N1CCN(CCO)CC1. The molecule has 2 N–H and O–H groups in total. The number of aromatic nitrogens is 2. The third-order valence-electron chi connectivity index (χ3n) is 4.40. The number of nitrogens with one attached hydrogen (secondary N) is 1. The summed E-state index contributed by atoms with van der Waals surface area (Å²) in [5.74, 6) is 0.722. The number of aliphatic hydroxyl groups is 1. The van der Waals surface area contributed by atoms with Crippen LogP contribution in [-0.4, -0.2) is 64.2 Å². The van der Waals surface area contributed by atoms with E-state index >= 15 is 0 Å². The van der Waals surface area contributed by atoms with Gasteiger partial charge in [-0.25, -0.2) is 4.98 Å². The number of hydrogen-bond donors (Lipinski definition) is 2. The summed E-state index contributed by atoms with van der Waals surface area (Å²) in [6, 6.07) is 7.50. The standard InChI is InChI=1S/C16H22N4O2/c1-12(20-8-6-19(7-9-20)10-11-21)15-17-14-5-3-2-4-13(14)16(22)18-15/h2-5,12,21H,6-11H2,1H3,(H,17,18,22)/t12-/m1/s1. The van der Waals surface area contributed by atoms with Crippen molar-refractivity contribution in [1.82, 2.24) is 19.8 Å². The highest BCUT2D eigenvalue weighted by atomic mass is 16.3. The number of H-pyrrole nitrogens is 1. The van der Waals surface area contributed by atoms with Crippen LogP contribution in [0.5, 0.6) is 0 Å². The molecule has 1 fully saturated rings. The Bertz CT molecular complexity index is 692. The molecule has 2 aromatic rings. The van der Waals surface area contributed by atoms with Gasteiger partial charge in [0.2, 0.25) is 0 Å². The highest BCUT2D eigenvalue weighted by Crippen LogP contribution is 2.19. The second kappa shape index (κ2) is 6.56. The van der Waals surface area contributed by atoms with E-state index in [4.69, 9.17) is 5.11 Å². The van der Waals surface area contributed by atoms with Crippen molar-refractivity contribution in [2.75, 3.05) is 39.3 Å². The Balaban J connectivity index is 1.78. The first-order chi connectivity index (χ1) is 10.7. The molecule has 0 aliphatic carbocycles. The number of rotatable bonds is 4. The van der Waals surface area contributed by atoms with Crippen LogP contribution in [0, 0.1) is 0 Å². The van der Waals surface area contributed by atoms with Gasteiger partial charge >= 0.3 is 0 Å². The molecule has 1 aliphatic heterocycles. The molecule has 6 nitrogen and oxygen atoms in total. The number of para-hydroxylation sites is 1. The molecular formula is C16H22N4O2. The summed E-state index contributed by atoms with van der Waals surface area (Å²) in [5.41, 5.74) is 0.665. The van der Waals surface area contributed by atoms with Crippen LogP contribution in [0.15, 0.2) is 29.1 Å². The molecule has 6 heteroatoms. The maximum atomic E-state index is 12.2. The van der Waals surface area contributed by atoms with Gasteiger partial charge in [0.25, 0.3) is 5.56 Å². The van der Waals surface area contributed by atoms with E-state index in [0.717, 1.165) is 44.1 Å². The lowest BCUT2D eigenvalue weighted by molar-refractivity contribution is 0.0862. The van der Waals surface area contributed by atoms with Crippen LogP contribution in [0.2, 0.25) is 0 Å². The van der Waals surface area contributed by atoms with Crippen molar-refractivity contribution in [3.05, 3.63) is 40.4 Å². The van der Waals surface area contributed by atoms with Crippen LogP contribution in [0.3, 0.4) is 0 Å². The van der Waals surface area contributed by atoms with Crippen LogP contribution in [0.4, 0.5) is 0 Å². The molecule has 1 aromatic heterocycles. The molecule has 1 aliphatic rings. The third-order valence-corrected chi connectivity index (χ3v) is 4.40. The van der Waals surface area contributed by atoms with Crippen LogP contribution >= 0.6 is 0 Å². The fraction of sp³-hybridized carbons (Fsp3) is 0.500. The van der Waals surface area contributed by atoms with E-state index < -0.39 is 0 Å². The Morgan fingerprint density at radius 2 is 2.00 bits per heavy atom. The maximum absolute atomic E-state index is 12.2. The second-order valence-corrected chi connectivity index (χ2v) is 5.75. The zero-order valence-corrected chi connectivity index (χ0v) is 12.8. The Morgan fingerprint density at radius 3 is 2.73 bits per heavy atom. The molecule has 118 valence electrons. The van der Waals surface area contributed by atoms with E-state index in [1.165, 1.54) is 0 Å². The van der Waals surface area contributed by atoms with Crippen molar-refractivity contribution >= 4 is 10.9 Å². The molecule has 22 heavy (non-hydrogen) atoms. The van der Waals surface area contributed by atoms with E-state index in [-0.39, 0.29) is 18.2 Å². The van der Waals surface area contributed by atoms with Crippen LogP contribution in [0.1, 0.15) is 18.8 Å². The summed E-state index contributed by atoms with van der Waals surface area (Å²) in [6.07, 6.45) is 0. The monoisotopic (exact) mass is 302 g/mol. The van der Waals surface area contributed by atoms with E-state index in [1.54, 1.807) is 6.07 Å². The number of benzene rings is 1. The number of nitrogens with zero attached hydrogens (tertiary/aromatic N) is 3. The quantitative estimate of drug-likeness (QED) is 0.865. The third kappa shape index (κ3) is 3.04. The first-order valence-corrected chi connectivity index (χ1v) is 7.75. The van der Waals surface area contributed by atoms with Crippen molar-refractivity contribution in [2.45, 2.75) is 13.0 Å². The van der Waals surface area contributed by atoms with Gasteiger partial charge in [0.05, 0.1) is 23.6 Å². The highest BCUT2D eigenvalue weighted by Gasteiger charge is 2.23. The van der Waals surface area contributed by atoms with Crippen molar-refractivity contribution in [1.29, 1.82) is 0 Å². The topological polar surface area (TPSA) is 72.5 Å². The van der Waals surface area contributed by atoms with Gasteiger partial charge in [0, 0.05) is 32.7 Å². The summed E-state index contributed by atoms with van der Waals surface area (Å²) in [4.78, 5) is 24.3. The molecule has 0 saturated carbocycles. The fourth-order valence-corrected chi connectivity index (χ4v) is 2.99. The molecule has 1 aromatic carbocycles. The number of β-amino-alcohol motifs (C(OH)–C–C–N with tert-alkyl or cyclic N) is 1. The molecule has 1 atom stereocenters. The number of aliphatic hydroxyl groups excluding tert-OH is 1. The molecule has 0 spiro atoms. The van der Waals surface area contributed by atoms with Gasteiger partial charge in [-0.2, -0.15) is 0 Å². The zero-order chi connectivity index (χ0) is 15.5. The molecular weight excluding hydrogens is 280 g/mol. The minimum atomic E-state index is -0.0774. The van der Waals surface area contributed by atoms with Crippen molar-refractivity contribution in [3.63, 3.8) is 0 Å². The summed E-state index contributed by atoms with van der Waals surface area (Å²) < 4.78 is 0. The van der Waals surface area contributed by atoms with Gasteiger partial charge in [0.1, 0.15) is 5.82 Å². The minimum absolute atomic E-state index is 0.0774. The lowest BCUT2D eigenvalue weighted by Gasteiger charge is -2.37. The largest absolute Gasteiger partial charge is 0.395 e. The highest BCUT2D eigenvalue weighted by molar-refractivity contribution is 5.77. The normalized spacial score (nSPS) is 18.6. The summed E-state index contributed by atoms with van der Waals surface area (Å²) in [7, 11) is 0. The van der Waals surface area contributed by atoms with Gasteiger partial charge in [-0.05, 0) is 19.1 Å². The van der Waals surface area contributed by atoms with E-state index in [1.807, 2.05) is 18.2 Å². The van der Waals surface area contributed by atoms with Gasteiger partial charge < -0.3 is 10.1 Å². The molecule has 1 saturated heterocycles. The number of aromatic amines is 1. The van der Waals surface area contributed by atoms with E-state index in [2.05, 4.69) is 26.7 Å². The Hall–Kier alpha value is -1.76. The summed E-state index contributed by atoms with van der Waals surface area (Å²) in [6.45, 7) is 6.71. The van der Waals surface area contributed by atoms with Crippen molar-refractivity contribution in [3.8, 4) is 0 Å². The first-order valence-electron chi connectivity index (χ1n) is 7.75. The average Bonchev–Trinajstić information content (AvgIpc) is 2.55. The smallest absolute Gasteiger partial charge is 0.258 e. The van der Waals surface area contributed by atoms with Gasteiger partial charge in [0.15, 0.2) is 0 Å². The summed E-state index contributed by atoms with van der Waals surface area (Å²) in [5, 5.41) is 9.63. The Kier molecular flexibility index (Phi) is 4.52. The first kappa shape index (κ1) is 15.1. The number of piperazine rings is 1. The predicted octanol–water partition coefficient (Wildman–Crippen LogP) is 0.594. The number of hydrogen-bond acceptors (Lipinski definition) is 5. The Labute approximate surface area is 129 Å². The molecule has 3 rings (SSSR count). The molecule has 0 amide bonds.